The van der Waals surface area contributed by atoms with Crippen LogP contribution in [0.1, 0.15) is 18.2 Å². The zero-order valence-corrected chi connectivity index (χ0v) is 7.31. The van der Waals surface area contributed by atoms with Gasteiger partial charge in [0.2, 0.25) is 0 Å². The third-order valence-corrected chi connectivity index (χ3v) is 1.75. The topological polar surface area (TPSA) is 24.9 Å². The number of hydrogen-bond acceptors (Lipinski definition) is 2. The van der Waals surface area contributed by atoms with Crippen LogP contribution in [-0.4, -0.2) is 12.0 Å². The van der Waals surface area contributed by atoms with Gasteiger partial charge in [-0.3, -0.25) is 0 Å². The standard InChI is InChI=1S/C9H14N2/c1-4-8-6-5-7(2)9(10-3)11-8/h5-6H,4H2,1-3H3,(H,10,11). The summed E-state index contributed by atoms with van der Waals surface area (Å²) in [7, 11) is 1.90. The molecule has 0 aromatic carbocycles. The lowest BCUT2D eigenvalue weighted by atomic mass is 10.2. The highest BCUT2D eigenvalue weighted by Gasteiger charge is 1.97. The second-order valence-corrected chi connectivity index (χ2v) is 2.57. The highest BCUT2D eigenvalue weighted by atomic mass is 15.0. The Morgan fingerprint density at radius 3 is 2.73 bits per heavy atom. The Balaban J connectivity index is 3.02. The molecule has 60 valence electrons. The van der Waals surface area contributed by atoms with Gasteiger partial charge in [-0.1, -0.05) is 13.0 Å². The van der Waals surface area contributed by atoms with Crippen LogP contribution in [0.4, 0.5) is 5.82 Å². The quantitative estimate of drug-likeness (QED) is 0.697. The van der Waals surface area contributed by atoms with Gasteiger partial charge in [0, 0.05) is 12.7 Å². The molecule has 0 fully saturated rings. The summed E-state index contributed by atoms with van der Waals surface area (Å²) in [6.45, 7) is 4.16. The largest absolute Gasteiger partial charge is 0.373 e. The van der Waals surface area contributed by atoms with Gasteiger partial charge in [0.1, 0.15) is 5.82 Å². The summed E-state index contributed by atoms with van der Waals surface area (Å²) in [4.78, 5) is 4.40. The molecule has 1 N–H and O–H groups in total. The minimum Gasteiger partial charge on any atom is -0.373 e. The lowest BCUT2D eigenvalue weighted by molar-refractivity contribution is 1.03. The van der Waals surface area contributed by atoms with Crippen molar-refractivity contribution in [2.75, 3.05) is 12.4 Å². The minimum absolute atomic E-state index is 0.990. The summed E-state index contributed by atoms with van der Waals surface area (Å²) in [5.41, 5.74) is 2.34. The summed E-state index contributed by atoms with van der Waals surface area (Å²) in [6, 6.07) is 4.16. The van der Waals surface area contributed by atoms with Gasteiger partial charge in [-0.2, -0.15) is 0 Å². The Kier molecular flexibility index (Phi) is 2.47. The molecule has 0 aliphatic heterocycles. The fourth-order valence-corrected chi connectivity index (χ4v) is 1.02. The van der Waals surface area contributed by atoms with E-state index in [1.54, 1.807) is 0 Å². The highest BCUT2D eigenvalue weighted by molar-refractivity contribution is 5.43. The average Bonchev–Trinajstić information content (AvgIpc) is 2.05. The maximum absolute atomic E-state index is 4.40. The van der Waals surface area contributed by atoms with Crippen LogP contribution in [0, 0.1) is 6.92 Å². The first-order valence-corrected chi connectivity index (χ1v) is 3.92. The number of pyridine rings is 1. The molecular formula is C9H14N2. The van der Waals surface area contributed by atoms with Gasteiger partial charge in [-0.15, -0.1) is 0 Å². The van der Waals surface area contributed by atoms with Crippen molar-refractivity contribution in [1.29, 1.82) is 0 Å². The molecule has 1 aromatic rings. The molecular weight excluding hydrogens is 136 g/mol. The number of nitrogens with one attached hydrogen (secondary N) is 1. The van der Waals surface area contributed by atoms with Crippen LogP contribution in [0.2, 0.25) is 0 Å². The maximum Gasteiger partial charge on any atom is 0.128 e. The van der Waals surface area contributed by atoms with Crippen molar-refractivity contribution in [1.82, 2.24) is 4.98 Å². The number of nitrogens with zero attached hydrogens (tertiary/aromatic N) is 1. The van der Waals surface area contributed by atoms with Gasteiger partial charge in [-0.25, -0.2) is 4.98 Å². The zero-order chi connectivity index (χ0) is 8.27. The smallest absolute Gasteiger partial charge is 0.128 e. The average molecular weight is 150 g/mol. The van der Waals surface area contributed by atoms with Crippen molar-refractivity contribution in [2.45, 2.75) is 20.3 Å². The van der Waals surface area contributed by atoms with Crippen molar-refractivity contribution >= 4 is 5.82 Å². The van der Waals surface area contributed by atoms with E-state index < -0.39 is 0 Å². The molecule has 0 radical (unpaired) electrons. The normalized spacial score (nSPS) is 9.73. The van der Waals surface area contributed by atoms with Crippen LogP contribution in [0.15, 0.2) is 12.1 Å². The first kappa shape index (κ1) is 8.05. The van der Waals surface area contributed by atoms with Crippen molar-refractivity contribution < 1.29 is 0 Å². The molecule has 0 saturated heterocycles. The molecule has 11 heavy (non-hydrogen) atoms. The Labute approximate surface area is 67.7 Å². The number of aromatic nitrogens is 1. The Morgan fingerprint density at radius 2 is 2.18 bits per heavy atom. The summed E-state index contributed by atoms with van der Waals surface area (Å²) in [6.07, 6.45) is 0.995. The van der Waals surface area contributed by atoms with E-state index in [0.717, 1.165) is 17.9 Å². The van der Waals surface area contributed by atoms with E-state index in [1.807, 2.05) is 7.05 Å². The second-order valence-electron chi connectivity index (χ2n) is 2.57. The zero-order valence-electron chi connectivity index (χ0n) is 7.31. The predicted octanol–water partition coefficient (Wildman–Crippen LogP) is 1.99. The number of rotatable bonds is 2. The van der Waals surface area contributed by atoms with Crippen LogP contribution in [0.3, 0.4) is 0 Å². The van der Waals surface area contributed by atoms with Crippen LogP contribution < -0.4 is 5.32 Å². The molecule has 0 unspecified atom stereocenters. The fourth-order valence-electron chi connectivity index (χ4n) is 1.02. The third kappa shape index (κ3) is 1.70. The Morgan fingerprint density at radius 1 is 1.45 bits per heavy atom. The van der Waals surface area contributed by atoms with Crippen LogP contribution in [0.5, 0.6) is 0 Å². The van der Waals surface area contributed by atoms with Gasteiger partial charge >= 0.3 is 0 Å². The Bertz CT molecular complexity index is 243. The van der Waals surface area contributed by atoms with Crippen molar-refractivity contribution in [3.8, 4) is 0 Å². The summed E-state index contributed by atoms with van der Waals surface area (Å²) in [5, 5.41) is 3.06. The predicted molar refractivity (Wildman–Crippen MR) is 47.9 cm³/mol. The molecule has 0 saturated carbocycles. The maximum atomic E-state index is 4.40. The molecule has 1 heterocycles. The molecule has 2 nitrogen and oxygen atoms in total. The molecule has 0 aliphatic rings. The molecule has 0 spiro atoms. The van der Waals surface area contributed by atoms with Crippen molar-refractivity contribution in [3.05, 3.63) is 23.4 Å². The molecule has 1 rings (SSSR count). The van der Waals surface area contributed by atoms with Crippen LogP contribution in [-0.2, 0) is 6.42 Å². The second kappa shape index (κ2) is 3.37. The van der Waals surface area contributed by atoms with Gasteiger partial charge in [0.15, 0.2) is 0 Å². The highest BCUT2D eigenvalue weighted by Crippen LogP contribution is 2.11. The van der Waals surface area contributed by atoms with Gasteiger partial charge < -0.3 is 5.32 Å². The number of hydrogen-bond donors (Lipinski definition) is 1. The van der Waals surface area contributed by atoms with E-state index in [4.69, 9.17) is 0 Å². The first-order valence-electron chi connectivity index (χ1n) is 3.92. The van der Waals surface area contributed by atoms with Gasteiger partial charge in [0.05, 0.1) is 0 Å². The molecule has 1 aromatic heterocycles. The molecule has 0 amide bonds. The lowest BCUT2D eigenvalue weighted by Gasteiger charge is -2.04. The van der Waals surface area contributed by atoms with Gasteiger partial charge in [-0.05, 0) is 25.0 Å². The third-order valence-electron chi connectivity index (χ3n) is 1.75. The van der Waals surface area contributed by atoms with E-state index in [0.29, 0.717) is 0 Å². The van der Waals surface area contributed by atoms with Crippen LogP contribution in [0.25, 0.3) is 0 Å². The fraction of sp³-hybridized carbons (Fsp3) is 0.444. The molecule has 2 heteroatoms. The van der Waals surface area contributed by atoms with Crippen molar-refractivity contribution in [3.63, 3.8) is 0 Å². The SMILES string of the molecule is CCc1ccc(C)c(NC)n1. The van der Waals surface area contributed by atoms with E-state index in [2.05, 4.69) is 36.3 Å². The van der Waals surface area contributed by atoms with E-state index in [-0.39, 0.29) is 0 Å². The summed E-state index contributed by atoms with van der Waals surface area (Å²) >= 11 is 0. The monoisotopic (exact) mass is 150 g/mol. The lowest BCUT2D eigenvalue weighted by Crippen LogP contribution is -1.97. The number of aryl methyl sites for hydroxylation is 2. The van der Waals surface area contributed by atoms with Crippen molar-refractivity contribution in [2.24, 2.45) is 0 Å². The summed E-state index contributed by atoms with van der Waals surface area (Å²) < 4.78 is 0. The minimum atomic E-state index is 0.990. The number of anilines is 1. The summed E-state index contributed by atoms with van der Waals surface area (Å²) in [5.74, 6) is 0.990. The molecule has 0 aliphatic carbocycles. The van der Waals surface area contributed by atoms with Crippen LogP contribution >= 0.6 is 0 Å². The molecule has 0 atom stereocenters. The van der Waals surface area contributed by atoms with E-state index in [9.17, 15) is 0 Å². The van der Waals surface area contributed by atoms with E-state index in [1.165, 1.54) is 5.56 Å². The molecule has 0 bridgehead atoms. The Hall–Kier alpha value is -1.05. The van der Waals surface area contributed by atoms with E-state index >= 15 is 0 Å². The first-order chi connectivity index (χ1) is 5.27. The van der Waals surface area contributed by atoms with Gasteiger partial charge in [0.25, 0.3) is 0 Å².